The summed E-state index contributed by atoms with van der Waals surface area (Å²) in [6.07, 6.45) is 2.46. The number of nitrogens with zero attached hydrogens (tertiary/aromatic N) is 2. The smallest absolute Gasteiger partial charge is 0.245 e. The molecule has 110 valence electrons. The van der Waals surface area contributed by atoms with Crippen molar-refractivity contribution in [1.29, 1.82) is 0 Å². The van der Waals surface area contributed by atoms with E-state index in [4.69, 9.17) is 0 Å². The van der Waals surface area contributed by atoms with E-state index in [1.807, 2.05) is 5.38 Å². The summed E-state index contributed by atoms with van der Waals surface area (Å²) in [4.78, 5) is 29.6. The first-order valence-corrected chi connectivity index (χ1v) is 7.78. The van der Waals surface area contributed by atoms with Gasteiger partial charge < -0.3 is 10.2 Å². The average molecular weight is 295 g/mol. The van der Waals surface area contributed by atoms with E-state index < -0.39 is 0 Å². The van der Waals surface area contributed by atoms with Crippen LogP contribution in [0.5, 0.6) is 0 Å². The molecule has 1 aromatic heterocycles. The molecule has 0 atom stereocenters. The minimum absolute atomic E-state index is 0.0255. The lowest BCUT2D eigenvalue weighted by Gasteiger charge is -2.25. The summed E-state index contributed by atoms with van der Waals surface area (Å²) < 4.78 is 0. The van der Waals surface area contributed by atoms with Crippen molar-refractivity contribution in [3.05, 3.63) is 11.1 Å². The first kappa shape index (κ1) is 15.0. The molecule has 6 heteroatoms. The third-order valence-corrected chi connectivity index (χ3v) is 4.03. The number of carbonyl (C=O) groups is 2. The van der Waals surface area contributed by atoms with Gasteiger partial charge in [-0.15, -0.1) is 11.3 Å². The number of thiazole rings is 1. The van der Waals surface area contributed by atoms with Crippen LogP contribution < -0.4 is 5.32 Å². The van der Waals surface area contributed by atoms with Gasteiger partial charge in [-0.1, -0.05) is 20.8 Å². The number of carbonyl (C=O) groups excluding carboxylic acids is 2. The Kier molecular flexibility index (Phi) is 4.42. The number of aromatic nitrogens is 1. The van der Waals surface area contributed by atoms with Gasteiger partial charge in [0.1, 0.15) is 0 Å². The van der Waals surface area contributed by atoms with Crippen molar-refractivity contribution >= 4 is 28.3 Å². The van der Waals surface area contributed by atoms with Crippen LogP contribution in [0.4, 0.5) is 5.13 Å². The fraction of sp³-hybridized carbons (Fsp3) is 0.643. The van der Waals surface area contributed by atoms with E-state index in [0.717, 1.165) is 18.5 Å². The van der Waals surface area contributed by atoms with Gasteiger partial charge in [-0.25, -0.2) is 4.98 Å². The van der Waals surface area contributed by atoms with E-state index in [2.05, 4.69) is 31.1 Å². The topological polar surface area (TPSA) is 62.3 Å². The van der Waals surface area contributed by atoms with Crippen LogP contribution in [0, 0.1) is 0 Å². The Morgan fingerprint density at radius 2 is 2.20 bits per heavy atom. The molecule has 0 spiro atoms. The molecule has 2 heterocycles. The molecule has 2 amide bonds. The van der Waals surface area contributed by atoms with Gasteiger partial charge in [0, 0.05) is 23.8 Å². The number of amides is 2. The number of likely N-dealkylation sites (tertiary alicyclic amines) is 1. The zero-order valence-corrected chi connectivity index (χ0v) is 13.0. The molecule has 1 N–H and O–H groups in total. The lowest BCUT2D eigenvalue weighted by atomic mass is 9.93. The van der Waals surface area contributed by atoms with Crippen molar-refractivity contribution in [1.82, 2.24) is 9.88 Å². The monoisotopic (exact) mass is 295 g/mol. The molecule has 5 nitrogen and oxygen atoms in total. The SMILES string of the molecule is CC(C)(C)c1csc(NC(=O)CN2CCCCC2=O)n1. The molecule has 0 bridgehead atoms. The van der Waals surface area contributed by atoms with Crippen LogP contribution in [0.25, 0.3) is 0 Å². The summed E-state index contributed by atoms with van der Waals surface area (Å²) in [6, 6.07) is 0. The zero-order chi connectivity index (χ0) is 14.8. The van der Waals surface area contributed by atoms with E-state index in [1.165, 1.54) is 11.3 Å². The second-order valence-electron chi connectivity index (χ2n) is 6.11. The lowest BCUT2D eigenvalue weighted by molar-refractivity contribution is -0.136. The molecule has 0 aliphatic carbocycles. The van der Waals surface area contributed by atoms with Crippen LogP contribution >= 0.6 is 11.3 Å². The predicted octanol–water partition coefficient (Wildman–Crippen LogP) is 2.39. The van der Waals surface area contributed by atoms with E-state index in [0.29, 0.717) is 18.1 Å². The van der Waals surface area contributed by atoms with Crippen LogP contribution in [0.2, 0.25) is 0 Å². The van der Waals surface area contributed by atoms with Crippen LogP contribution in [0.3, 0.4) is 0 Å². The summed E-state index contributed by atoms with van der Waals surface area (Å²) in [5, 5.41) is 5.34. The van der Waals surface area contributed by atoms with Crippen molar-refractivity contribution in [2.24, 2.45) is 0 Å². The van der Waals surface area contributed by atoms with E-state index in [9.17, 15) is 9.59 Å². The molecule has 1 aliphatic rings. The number of anilines is 1. The highest BCUT2D eigenvalue weighted by Crippen LogP contribution is 2.26. The molecule has 0 radical (unpaired) electrons. The third kappa shape index (κ3) is 3.79. The first-order valence-electron chi connectivity index (χ1n) is 6.90. The van der Waals surface area contributed by atoms with Crippen LogP contribution in [-0.4, -0.2) is 34.8 Å². The second-order valence-corrected chi connectivity index (χ2v) is 6.97. The van der Waals surface area contributed by atoms with E-state index in [1.54, 1.807) is 4.90 Å². The number of nitrogens with one attached hydrogen (secondary N) is 1. The molecule has 0 aromatic carbocycles. The first-order chi connectivity index (χ1) is 9.36. The average Bonchev–Trinajstić information content (AvgIpc) is 2.80. The molecule has 20 heavy (non-hydrogen) atoms. The highest BCUT2D eigenvalue weighted by molar-refractivity contribution is 7.13. The van der Waals surface area contributed by atoms with Gasteiger partial charge in [0.2, 0.25) is 11.8 Å². The van der Waals surface area contributed by atoms with Crippen molar-refractivity contribution in [3.63, 3.8) is 0 Å². The van der Waals surface area contributed by atoms with Gasteiger partial charge in [0.15, 0.2) is 5.13 Å². The molecule has 2 rings (SSSR count). The summed E-state index contributed by atoms with van der Waals surface area (Å²) in [5.74, 6) is -0.101. The van der Waals surface area contributed by atoms with Gasteiger partial charge in [-0.3, -0.25) is 9.59 Å². The number of piperidine rings is 1. The number of hydrogen-bond acceptors (Lipinski definition) is 4. The maximum Gasteiger partial charge on any atom is 0.245 e. The Bertz CT molecular complexity index is 505. The van der Waals surface area contributed by atoms with Gasteiger partial charge in [-0.05, 0) is 12.8 Å². The van der Waals surface area contributed by atoms with Gasteiger partial charge in [-0.2, -0.15) is 0 Å². The normalized spacial score (nSPS) is 16.4. The zero-order valence-electron chi connectivity index (χ0n) is 12.2. The van der Waals surface area contributed by atoms with Gasteiger partial charge in [0.05, 0.1) is 12.2 Å². The van der Waals surface area contributed by atoms with Crippen LogP contribution in [-0.2, 0) is 15.0 Å². The highest BCUT2D eigenvalue weighted by Gasteiger charge is 2.22. The van der Waals surface area contributed by atoms with Crippen molar-refractivity contribution in [2.45, 2.75) is 45.4 Å². The molecule has 0 unspecified atom stereocenters. The molecular weight excluding hydrogens is 274 g/mol. The van der Waals surface area contributed by atoms with Gasteiger partial charge >= 0.3 is 0 Å². The Labute approximate surface area is 123 Å². The summed E-state index contributed by atoms with van der Waals surface area (Å²) in [5.41, 5.74) is 0.939. The molecule has 1 saturated heterocycles. The Balaban J connectivity index is 1.91. The quantitative estimate of drug-likeness (QED) is 0.931. The molecule has 1 aromatic rings. The minimum Gasteiger partial charge on any atom is -0.333 e. The minimum atomic E-state index is -0.171. The predicted molar refractivity (Wildman–Crippen MR) is 79.9 cm³/mol. The van der Waals surface area contributed by atoms with Crippen LogP contribution in [0.1, 0.15) is 45.7 Å². The van der Waals surface area contributed by atoms with E-state index in [-0.39, 0.29) is 23.8 Å². The maximum absolute atomic E-state index is 11.9. The standard InChI is InChI=1S/C14H21N3O2S/c1-14(2,3)10-9-20-13(15-10)16-11(18)8-17-7-5-4-6-12(17)19/h9H,4-8H2,1-3H3,(H,15,16,18). The largest absolute Gasteiger partial charge is 0.333 e. The Hall–Kier alpha value is -1.43. The number of hydrogen-bond donors (Lipinski definition) is 1. The van der Waals surface area contributed by atoms with E-state index >= 15 is 0 Å². The van der Waals surface area contributed by atoms with Crippen molar-refractivity contribution in [3.8, 4) is 0 Å². The molecule has 1 fully saturated rings. The molecule has 1 aliphatic heterocycles. The fourth-order valence-electron chi connectivity index (χ4n) is 2.04. The number of rotatable bonds is 3. The third-order valence-electron chi connectivity index (χ3n) is 3.27. The Morgan fingerprint density at radius 1 is 1.45 bits per heavy atom. The summed E-state index contributed by atoms with van der Waals surface area (Å²) in [6.45, 7) is 7.06. The van der Waals surface area contributed by atoms with Crippen LogP contribution in [0.15, 0.2) is 5.38 Å². The fourth-order valence-corrected chi connectivity index (χ4v) is 2.99. The Morgan fingerprint density at radius 3 is 2.80 bits per heavy atom. The maximum atomic E-state index is 11.9. The summed E-state index contributed by atoms with van der Waals surface area (Å²) in [7, 11) is 0. The molecular formula is C14H21N3O2S. The van der Waals surface area contributed by atoms with Crippen molar-refractivity contribution in [2.75, 3.05) is 18.4 Å². The summed E-state index contributed by atoms with van der Waals surface area (Å²) >= 11 is 1.42. The highest BCUT2D eigenvalue weighted by atomic mass is 32.1. The van der Waals surface area contributed by atoms with Crippen molar-refractivity contribution < 1.29 is 9.59 Å². The second kappa shape index (κ2) is 5.91. The van der Waals surface area contributed by atoms with Gasteiger partial charge in [0.25, 0.3) is 0 Å². The lowest BCUT2D eigenvalue weighted by Crippen LogP contribution is -2.40. The molecule has 0 saturated carbocycles.